The van der Waals surface area contributed by atoms with Gasteiger partial charge in [0, 0.05) is 31.4 Å². The number of rotatable bonds is 5. The van der Waals surface area contributed by atoms with Gasteiger partial charge in [0.25, 0.3) is 10.0 Å². The minimum atomic E-state index is -3.46. The Labute approximate surface area is 114 Å². The van der Waals surface area contributed by atoms with Gasteiger partial charge in [-0.15, -0.1) is 0 Å². The summed E-state index contributed by atoms with van der Waals surface area (Å²) in [7, 11) is -1.62. The maximum Gasteiger partial charge on any atom is 0.262 e. The first kappa shape index (κ1) is 14.5. The Morgan fingerprint density at radius 1 is 1.53 bits per heavy atom. The molecule has 2 rings (SSSR count). The van der Waals surface area contributed by atoms with Gasteiger partial charge in [0.15, 0.2) is 5.03 Å². The zero-order chi connectivity index (χ0) is 14.0. The van der Waals surface area contributed by atoms with Crippen molar-refractivity contribution in [2.45, 2.75) is 43.8 Å². The van der Waals surface area contributed by atoms with E-state index in [0.29, 0.717) is 13.1 Å². The summed E-state index contributed by atoms with van der Waals surface area (Å²) in [4.78, 5) is 4.06. The fraction of sp³-hybridized carbons (Fsp3) is 0.750. The van der Waals surface area contributed by atoms with Crippen LogP contribution in [0.4, 0.5) is 0 Å². The van der Waals surface area contributed by atoms with E-state index in [1.807, 2.05) is 25.5 Å². The van der Waals surface area contributed by atoms with E-state index < -0.39 is 10.0 Å². The molecule has 1 N–H and O–H groups in total. The monoisotopic (exact) mass is 286 g/mol. The van der Waals surface area contributed by atoms with E-state index in [4.69, 9.17) is 0 Å². The Balaban J connectivity index is 2.25. The predicted molar refractivity (Wildman–Crippen MR) is 73.5 cm³/mol. The molecule has 0 radical (unpaired) electrons. The lowest BCUT2D eigenvalue weighted by Crippen LogP contribution is -2.40. The highest BCUT2D eigenvalue weighted by Gasteiger charge is 2.36. The van der Waals surface area contributed by atoms with Gasteiger partial charge in [-0.3, -0.25) is 0 Å². The quantitative estimate of drug-likeness (QED) is 0.871. The normalized spacial score (nSPS) is 21.4. The highest BCUT2D eigenvalue weighted by molar-refractivity contribution is 7.89. The van der Waals surface area contributed by atoms with Gasteiger partial charge >= 0.3 is 0 Å². The Morgan fingerprint density at radius 3 is 2.84 bits per heavy atom. The first-order valence-corrected chi connectivity index (χ1v) is 8.10. The Morgan fingerprint density at radius 2 is 2.26 bits per heavy atom. The summed E-state index contributed by atoms with van der Waals surface area (Å²) >= 11 is 0. The zero-order valence-electron chi connectivity index (χ0n) is 11.7. The SMILES string of the molecule is CNC[C@@H]1CCCN1S(=O)(=O)c1cn(C(C)C)cn1. The third kappa shape index (κ3) is 2.82. The van der Waals surface area contributed by atoms with Crippen molar-refractivity contribution < 1.29 is 8.42 Å². The van der Waals surface area contributed by atoms with Gasteiger partial charge in [-0.2, -0.15) is 4.31 Å². The van der Waals surface area contributed by atoms with Crippen LogP contribution < -0.4 is 5.32 Å². The van der Waals surface area contributed by atoms with Crippen molar-refractivity contribution in [3.63, 3.8) is 0 Å². The molecule has 1 aromatic rings. The second-order valence-corrected chi connectivity index (χ2v) is 7.06. The van der Waals surface area contributed by atoms with Crippen LogP contribution in [-0.4, -0.2) is 48.5 Å². The van der Waals surface area contributed by atoms with Crippen LogP contribution in [0.3, 0.4) is 0 Å². The molecule has 19 heavy (non-hydrogen) atoms. The van der Waals surface area contributed by atoms with Crippen LogP contribution in [0.5, 0.6) is 0 Å². The van der Waals surface area contributed by atoms with Crippen LogP contribution in [0.2, 0.25) is 0 Å². The van der Waals surface area contributed by atoms with Gasteiger partial charge in [-0.1, -0.05) is 0 Å². The summed E-state index contributed by atoms with van der Waals surface area (Å²) in [6, 6.07) is 0.252. The fourth-order valence-electron chi connectivity index (χ4n) is 2.42. The summed E-state index contributed by atoms with van der Waals surface area (Å²) in [5.74, 6) is 0. The predicted octanol–water partition coefficient (Wildman–Crippen LogP) is 0.836. The molecule has 2 heterocycles. The fourth-order valence-corrected chi connectivity index (χ4v) is 4.04. The summed E-state index contributed by atoms with van der Waals surface area (Å²) < 4.78 is 28.6. The molecule has 0 aliphatic carbocycles. The summed E-state index contributed by atoms with van der Waals surface area (Å²) in [5, 5.41) is 3.21. The molecule has 0 unspecified atom stereocenters. The molecule has 1 aliphatic heterocycles. The molecule has 1 saturated heterocycles. The van der Waals surface area contributed by atoms with E-state index in [-0.39, 0.29) is 17.1 Å². The smallest absolute Gasteiger partial charge is 0.262 e. The van der Waals surface area contributed by atoms with Crippen molar-refractivity contribution in [1.82, 2.24) is 19.2 Å². The molecule has 7 heteroatoms. The first-order valence-electron chi connectivity index (χ1n) is 6.66. The number of aromatic nitrogens is 2. The van der Waals surface area contributed by atoms with E-state index in [1.165, 1.54) is 0 Å². The summed E-state index contributed by atoms with van der Waals surface area (Å²) in [6.07, 6.45) is 5.02. The van der Waals surface area contributed by atoms with Crippen LogP contribution in [-0.2, 0) is 10.0 Å². The molecular formula is C12H22N4O2S. The highest BCUT2D eigenvalue weighted by atomic mass is 32.2. The Hall–Kier alpha value is -0.920. The van der Waals surface area contributed by atoms with Crippen LogP contribution in [0.15, 0.2) is 17.6 Å². The highest BCUT2D eigenvalue weighted by Crippen LogP contribution is 2.25. The maximum absolute atomic E-state index is 12.6. The number of sulfonamides is 1. The summed E-state index contributed by atoms with van der Waals surface area (Å²) in [6.45, 7) is 5.27. The molecule has 0 aromatic carbocycles. The Kier molecular flexibility index (Phi) is 4.27. The zero-order valence-corrected chi connectivity index (χ0v) is 12.5. The average molecular weight is 286 g/mol. The van der Waals surface area contributed by atoms with Gasteiger partial charge in [0.2, 0.25) is 0 Å². The molecule has 0 amide bonds. The molecule has 1 atom stereocenters. The van der Waals surface area contributed by atoms with Crippen LogP contribution >= 0.6 is 0 Å². The lowest BCUT2D eigenvalue weighted by molar-refractivity contribution is 0.378. The van der Waals surface area contributed by atoms with Gasteiger partial charge < -0.3 is 9.88 Å². The third-order valence-corrected chi connectivity index (χ3v) is 5.35. The standard InChI is InChI=1S/C12H22N4O2S/c1-10(2)15-8-12(14-9-15)19(17,18)16-6-4-5-11(16)7-13-3/h8-11,13H,4-7H2,1-3H3/t11-/m0/s1. The minimum absolute atomic E-state index is 0.0409. The number of nitrogens with zero attached hydrogens (tertiary/aromatic N) is 3. The summed E-state index contributed by atoms with van der Waals surface area (Å²) in [5.41, 5.74) is 0. The van der Waals surface area contributed by atoms with E-state index in [2.05, 4.69) is 10.3 Å². The van der Waals surface area contributed by atoms with Crippen LogP contribution in [0.25, 0.3) is 0 Å². The van der Waals surface area contributed by atoms with Crippen molar-refractivity contribution in [2.75, 3.05) is 20.1 Å². The van der Waals surface area contributed by atoms with Crippen molar-refractivity contribution in [3.05, 3.63) is 12.5 Å². The van der Waals surface area contributed by atoms with Crippen molar-refractivity contribution in [2.24, 2.45) is 0 Å². The van der Waals surface area contributed by atoms with Gasteiger partial charge in [-0.05, 0) is 33.7 Å². The van der Waals surface area contributed by atoms with Gasteiger partial charge in [0.05, 0.1) is 6.33 Å². The second kappa shape index (κ2) is 5.60. The molecule has 0 bridgehead atoms. The van der Waals surface area contributed by atoms with Crippen LogP contribution in [0.1, 0.15) is 32.7 Å². The molecule has 1 aromatic heterocycles. The number of hydrogen-bond donors (Lipinski definition) is 1. The first-order chi connectivity index (χ1) is 8.96. The number of hydrogen-bond acceptors (Lipinski definition) is 4. The van der Waals surface area contributed by atoms with E-state index in [1.54, 1.807) is 16.8 Å². The van der Waals surface area contributed by atoms with Gasteiger partial charge in [-0.25, -0.2) is 13.4 Å². The number of likely N-dealkylation sites (N-methyl/N-ethyl adjacent to an activating group) is 1. The molecule has 1 fully saturated rings. The van der Waals surface area contributed by atoms with Crippen LogP contribution in [0, 0.1) is 0 Å². The maximum atomic E-state index is 12.6. The largest absolute Gasteiger partial charge is 0.334 e. The minimum Gasteiger partial charge on any atom is -0.334 e. The molecule has 0 saturated carbocycles. The van der Waals surface area contributed by atoms with Crippen molar-refractivity contribution >= 4 is 10.0 Å². The van der Waals surface area contributed by atoms with E-state index in [9.17, 15) is 8.42 Å². The third-order valence-electron chi connectivity index (χ3n) is 3.51. The molecule has 6 nitrogen and oxygen atoms in total. The number of imidazole rings is 1. The molecular weight excluding hydrogens is 264 g/mol. The number of nitrogens with one attached hydrogen (secondary N) is 1. The second-order valence-electron chi connectivity index (χ2n) is 5.22. The molecule has 108 valence electrons. The lowest BCUT2D eigenvalue weighted by Gasteiger charge is -2.22. The van der Waals surface area contributed by atoms with Crippen molar-refractivity contribution in [3.8, 4) is 0 Å². The lowest BCUT2D eigenvalue weighted by atomic mass is 10.2. The average Bonchev–Trinajstić information content (AvgIpc) is 2.97. The molecule has 1 aliphatic rings. The van der Waals surface area contributed by atoms with Crippen molar-refractivity contribution in [1.29, 1.82) is 0 Å². The van der Waals surface area contributed by atoms with E-state index in [0.717, 1.165) is 12.8 Å². The van der Waals surface area contributed by atoms with E-state index >= 15 is 0 Å². The van der Waals surface area contributed by atoms with Gasteiger partial charge in [0.1, 0.15) is 0 Å². The molecule has 0 spiro atoms. The Bertz CT molecular complexity index is 524. The topological polar surface area (TPSA) is 67.2 Å².